The van der Waals surface area contributed by atoms with Gasteiger partial charge in [-0.3, -0.25) is 4.79 Å². The van der Waals surface area contributed by atoms with Gasteiger partial charge in [-0.25, -0.2) is 0 Å². The van der Waals surface area contributed by atoms with Crippen LogP contribution < -0.4 is 10.2 Å². The van der Waals surface area contributed by atoms with Crippen molar-refractivity contribution in [1.82, 2.24) is 0 Å². The molecular formula is C21H23ClN2OS. The first-order valence-electron chi connectivity index (χ1n) is 9.18. The summed E-state index contributed by atoms with van der Waals surface area (Å²) in [6.45, 7) is 2.04. The number of nitrogens with one attached hydrogen (secondary N) is 1. The highest BCUT2D eigenvalue weighted by Gasteiger charge is 2.45. The minimum atomic E-state index is -0.392. The summed E-state index contributed by atoms with van der Waals surface area (Å²) in [5.74, 6) is 2.34. The number of thioether (sulfide) groups is 1. The molecule has 2 fully saturated rings. The van der Waals surface area contributed by atoms with E-state index in [0.29, 0.717) is 5.02 Å². The third-order valence-corrected chi connectivity index (χ3v) is 6.77. The molecule has 4 rings (SSSR count). The fourth-order valence-electron chi connectivity index (χ4n) is 3.83. The first-order valence-corrected chi connectivity index (χ1v) is 10.7. The van der Waals surface area contributed by atoms with E-state index in [9.17, 15) is 4.79 Å². The number of carbonyl (C=O) groups excluding carboxylic acids is 1. The Bertz CT molecular complexity index is 786. The highest BCUT2D eigenvalue weighted by atomic mass is 35.5. The Kier molecular flexibility index (Phi) is 5.14. The predicted octanol–water partition coefficient (Wildman–Crippen LogP) is 4.95. The van der Waals surface area contributed by atoms with Gasteiger partial charge in [0.2, 0.25) is 5.91 Å². The molecule has 0 unspecified atom stereocenters. The van der Waals surface area contributed by atoms with E-state index in [0.717, 1.165) is 60.8 Å². The van der Waals surface area contributed by atoms with Crippen LogP contribution in [0.15, 0.2) is 48.5 Å². The second kappa shape index (κ2) is 7.53. The largest absolute Gasteiger partial charge is 0.369 e. The maximum Gasteiger partial charge on any atom is 0.235 e. The molecule has 2 aliphatic rings. The van der Waals surface area contributed by atoms with Gasteiger partial charge in [0.15, 0.2) is 0 Å². The van der Waals surface area contributed by atoms with Gasteiger partial charge in [0.1, 0.15) is 0 Å². The molecule has 3 nitrogen and oxygen atoms in total. The third-order valence-electron chi connectivity index (χ3n) is 5.53. The second-order valence-electron chi connectivity index (χ2n) is 7.02. The van der Waals surface area contributed by atoms with Crippen molar-refractivity contribution in [1.29, 1.82) is 0 Å². The number of rotatable bonds is 4. The number of benzene rings is 2. The van der Waals surface area contributed by atoms with Gasteiger partial charge in [-0.15, -0.1) is 0 Å². The number of hydrogen-bond acceptors (Lipinski definition) is 3. The SMILES string of the molecule is O=C(Nc1ccc(N2CCSCC2)c(Cl)c1)C1(c2ccccc2)CCC1. The van der Waals surface area contributed by atoms with Gasteiger partial charge in [-0.1, -0.05) is 48.4 Å². The lowest BCUT2D eigenvalue weighted by Gasteiger charge is -2.40. The van der Waals surface area contributed by atoms with Crippen LogP contribution in [0.25, 0.3) is 0 Å². The summed E-state index contributed by atoms with van der Waals surface area (Å²) in [7, 11) is 0. The molecule has 136 valence electrons. The van der Waals surface area contributed by atoms with E-state index in [1.807, 2.05) is 48.2 Å². The van der Waals surface area contributed by atoms with E-state index in [4.69, 9.17) is 11.6 Å². The quantitative estimate of drug-likeness (QED) is 0.806. The molecule has 26 heavy (non-hydrogen) atoms. The van der Waals surface area contributed by atoms with Crippen LogP contribution in [0.1, 0.15) is 24.8 Å². The Balaban J connectivity index is 1.52. The molecule has 1 aliphatic carbocycles. The maximum atomic E-state index is 13.0. The van der Waals surface area contributed by atoms with Crippen LogP contribution >= 0.6 is 23.4 Å². The number of anilines is 2. The van der Waals surface area contributed by atoms with Crippen molar-refractivity contribution in [2.75, 3.05) is 34.8 Å². The molecule has 0 bridgehead atoms. The van der Waals surface area contributed by atoms with Crippen molar-refractivity contribution >= 4 is 40.6 Å². The molecule has 5 heteroatoms. The Labute approximate surface area is 164 Å². The third kappa shape index (κ3) is 3.33. The van der Waals surface area contributed by atoms with Crippen molar-refractivity contribution in [2.45, 2.75) is 24.7 Å². The lowest BCUT2D eigenvalue weighted by Crippen LogP contribution is -2.46. The average molecular weight is 387 g/mol. The number of hydrogen-bond donors (Lipinski definition) is 1. The summed E-state index contributed by atoms with van der Waals surface area (Å²) in [6, 6.07) is 16.0. The smallest absolute Gasteiger partial charge is 0.235 e. The highest BCUT2D eigenvalue weighted by Crippen LogP contribution is 2.44. The number of halogens is 1. The Morgan fingerprint density at radius 2 is 1.81 bits per heavy atom. The van der Waals surface area contributed by atoms with E-state index >= 15 is 0 Å². The molecule has 1 amide bonds. The molecule has 0 radical (unpaired) electrons. The van der Waals surface area contributed by atoms with Gasteiger partial charge in [0.05, 0.1) is 16.1 Å². The van der Waals surface area contributed by atoms with Crippen molar-refractivity contribution < 1.29 is 4.79 Å². The van der Waals surface area contributed by atoms with Gasteiger partial charge >= 0.3 is 0 Å². The molecular weight excluding hydrogens is 364 g/mol. The second-order valence-corrected chi connectivity index (χ2v) is 8.65. The molecule has 0 atom stereocenters. The molecule has 2 aromatic carbocycles. The normalized spacial score (nSPS) is 18.9. The highest BCUT2D eigenvalue weighted by molar-refractivity contribution is 7.99. The molecule has 1 saturated carbocycles. The van der Waals surface area contributed by atoms with Crippen LogP contribution in [-0.2, 0) is 10.2 Å². The van der Waals surface area contributed by atoms with Crippen LogP contribution in [0.5, 0.6) is 0 Å². The van der Waals surface area contributed by atoms with Crippen molar-refractivity contribution in [3.05, 3.63) is 59.1 Å². The maximum absolute atomic E-state index is 13.0. The number of amides is 1. The summed E-state index contributed by atoms with van der Waals surface area (Å²) in [4.78, 5) is 15.4. The van der Waals surface area contributed by atoms with E-state index < -0.39 is 5.41 Å². The zero-order chi connectivity index (χ0) is 18.0. The van der Waals surface area contributed by atoms with E-state index in [1.165, 1.54) is 0 Å². The zero-order valence-corrected chi connectivity index (χ0v) is 16.3. The lowest BCUT2D eigenvalue weighted by atomic mass is 9.64. The van der Waals surface area contributed by atoms with E-state index in [2.05, 4.69) is 22.3 Å². The monoisotopic (exact) mass is 386 g/mol. The Morgan fingerprint density at radius 1 is 1.08 bits per heavy atom. The van der Waals surface area contributed by atoms with Crippen LogP contribution in [0, 0.1) is 0 Å². The fourth-order valence-corrected chi connectivity index (χ4v) is 5.03. The van der Waals surface area contributed by atoms with Crippen LogP contribution in [0.2, 0.25) is 5.02 Å². The van der Waals surface area contributed by atoms with Gasteiger partial charge in [0, 0.05) is 30.3 Å². The minimum absolute atomic E-state index is 0.0770. The van der Waals surface area contributed by atoms with Crippen LogP contribution in [0.3, 0.4) is 0 Å². The van der Waals surface area contributed by atoms with Gasteiger partial charge < -0.3 is 10.2 Å². The topological polar surface area (TPSA) is 32.3 Å². The summed E-state index contributed by atoms with van der Waals surface area (Å²) in [5, 5.41) is 3.81. The summed E-state index contributed by atoms with van der Waals surface area (Å²) in [6.07, 6.45) is 2.90. The number of nitrogens with zero attached hydrogens (tertiary/aromatic N) is 1. The lowest BCUT2D eigenvalue weighted by molar-refractivity contribution is -0.124. The standard InChI is InChI=1S/C21H23ClN2OS/c22-18-15-17(7-8-19(18)24-11-13-26-14-12-24)23-20(25)21(9-4-10-21)16-5-2-1-3-6-16/h1-3,5-8,15H,4,9-14H2,(H,23,25). The summed E-state index contributed by atoms with van der Waals surface area (Å²) < 4.78 is 0. The van der Waals surface area contributed by atoms with E-state index in [-0.39, 0.29) is 5.91 Å². The molecule has 1 heterocycles. The Morgan fingerprint density at radius 3 is 2.42 bits per heavy atom. The average Bonchev–Trinajstić information content (AvgIpc) is 2.62. The van der Waals surface area contributed by atoms with Crippen LogP contribution in [-0.4, -0.2) is 30.5 Å². The fraction of sp³-hybridized carbons (Fsp3) is 0.381. The Hall–Kier alpha value is -1.65. The summed E-state index contributed by atoms with van der Waals surface area (Å²) in [5.41, 5.74) is 2.55. The molecule has 2 aromatic rings. The number of carbonyl (C=O) groups is 1. The molecule has 1 aliphatic heterocycles. The zero-order valence-electron chi connectivity index (χ0n) is 14.7. The van der Waals surface area contributed by atoms with E-state index in [1.54, 1.807) is 0 Å². The molecule has 1 saturated heterocycles. The molecule has 1 N–H and O–H groups in total. The molecule has 0 spiro atoms. The first-order chi connectivity index (χ1) is 12.7. The van der Waals surface area contributed by atoms with Gasteiger partial charge in [0.25, 0.3) is 0 Å². The van der Waals surface area contributed by atoms with Crippen molar-refractivity contribution in [3.8, 4) is 0 Å². The van der Waals surface area contributed by atoms with Gasteiger partial charge in [-0.2, -0.15) is 11.8 Å². The molecule has 0 aromatic heterocycles. The first kappa shape index (κ1) is 17.7. The van der Waals surface area contributed by atoms with Gasteiger partial charge in [-0.05, 0) is 36.6 Å². The van der Waals surface area contributed by atoms with Crippen LogP contribution in [0.4, 0.5) is 11.4 Å². The minimum Gasteiger partial charge on any atom is -0.369 e. The van der Waals surface area contributed by atoms with Crippen molar-refractivity contribution in [3.63, 3.8) is 0 Å². The van der Waals surface area contributed by atoms with Crippen molar-refractivity contribution in [2.24, 2.45) is 0 Å². The predicted molar refractivity (Wildman–Crippen MR) is 112 cm³/mol. The summed E-state index contributed by atoms with van der Waals surface area (Å²) >= 11 is 8.50.